The Morgan fingerprint density at radius 2 is 2.10 bits per heavy atom. The second kappa shape index (κ2) is 8.02. The van der Waals surface area contributed by atoms with E-state index in [2.05, 4.69) is 24.0 Å². The molecule has 0 aliphatic carbocycles. The van der Waals surface area contributed by atoms with Gasteiger partial charge in [0.1, 0.15) is 0 Å². The third-order valence-corrected chi connectivity index (χ3v) is 4.71. The summed E-state index contributed by atoms with van der Waals surface area (Å²) in [5.74, 6) is 0.878. The van der Waals surface area contributed by atoms with Crippen LogP contribution in [0.1, 0.15) is 44.6 Å². The van der Waals surface area contributed by atoms with Gasteiger partial charge in [0.2, 0.25) is 0 Å². The van der Waals surface area contributed by atoms with Gasteiger partial charge in [0, 0.05) is 17.6 Å². The van der Waals surface area contributed by atoms with Gasteiger partial charge in [0.05, 0.1) is 0 Å². The molecule has 20 heavy (non-hydrogen) atoms. The smallest absolute Gasteiger partial charge is 0.0409 e. The summed E-state index contributed by atoms with van der Waals surface area (Å²) in [4.78, 5) is 2.54. The van der Waals surface area contributed by atoms with Crippen LogP contribution in [0.15, 0.2) is 24.3 Å². The molecule has 0 radical (unpaired) electrons. The van der Waals surface area contributed by atoms with Crippen LogP contribution in [-0.4, -0.2) is 24.0 Å². The molecule has 1 aliphatic heterocycles. The van der Waals surface area contributed by atoms with E-state index in [4.69, 9.17) is 17.3 Å². The van der Waals surface area contributed by atoms with Crippen LogP contribution in [-0.2, 0) is 6.54 Å². The molecule has 2 rings (SSSR count). The average Bonchev–Trinajstić information content (AvgIpc) is 2.46. The molecular formula is C17H27ClN2. The topological polar surface area (TPSA) is 29.3 Å². The second-order valence-corrected chi connectivity index (χ2v) is 6.53. The SMILES string of the molecule is CCC(N)CCC1CCN(Cc2cccc(Cl)c2)CC1. The van der Waals surface area contributed by atoms with Crippen molar-refractivity contribution in [1.29, 1.82) is 0 Å². The molecule has 3 heteroatoms. The molecular weight excluding hydrogens is 268 g/mol. The first-order chi connectivity index (χ1) is 9.67. The van der Waals surface area contributed by atoms with Crippen molar-refractivity contribution in [1.82, 2.24) is 4.90 Å². The van der Waals surface area contributed by atoms with Gasteiger partial charge in [-0.3, -0.25) is 4.90 Å². The van der Waals surface area contributed by atoms with Crippen LogP contribution in [0.2, 0.25) is 5.02 Å². The maximum Gasteiger partial charge on any atom is 0.0409 e. The zero-order valence-electron chi connectivity index (χ0n) is 12.5. The molecule has 1 aromatic rings. The maximum atomic E-state index is 6.04. The summed E-state index contributed by atoms with van der Waals surface area (Å²) in [6, 6.07) is 8.62. The van der Waals surface area contributed by atoms with Crippen molar-refractivity contribution in [3.8, 4) is 0 Å². The minimum Gasteiger partial charge on any atom is -0.328 e. The van der Waals surface area contributed by atoms with Crippen LogP contribution in [0.25, 0.3) is 0 Å². The maximum absolute atomic E-state index is 6.04. The number of benzene rings is 1. The third kappa shape index (κ3) is 5.08. The number of piperidine rings is 1. The van der Waals surface area contributed by atoms with Crippen molar-refractivity contribution in [3.63, 3.8) is 0 Å². The van der Waals surface area contributed by atoms with Crippen LogP contribution in [0.5, 0.6) is 0 Å². The van der Waals surface area contributed by atoms with Crippen molar-refractivity contribution in [2.45, 2.75) is 51.6 Å². The number of rotatable bonds is 6. The summed E-state index contributed by atoms with van der Waals surface area (Å²) in [7, 11) is 0. The highest BCUT2D eigenvalue weighted by molar-refractivity contribution is 6.30. The van der Waals surface area contributed by atoms with E-state index >= 15 is 0 Å². The quantitative estimate of drug-likeness (QED) is 0.857. The third-order valence-electron chi connectivity index (χ3n) is 4.47. The lowest BCUT2D eigenvalue weighted by Crippen LogP contribution is -2.33. The van der Waals surface area contributed by atoms with E-state index in [9.17, 15) is 0 Å². The molecule has 0 bridgehead atoms. The number of nitrogens with zero attached hydrogens (tertiary/aromatic N) is 1. The van der Waals surface area contributed by atoms with Crippen LogP contribution < -0.4 is 5.73 Å². The van der Waals surface area contributed by atoms with Crippen molar-refractivity contribution in [2.24, 2.45) is 11.7 Å². The molecule has 1 fully saturated rings. The Labute approximate surface area is 128 Å². The van der Waals surface area contributed by atoms with E-state index in [-0.39, 0.29) is 0 Å². The average molecular weight is 295 g/mol. The summed E-state index contributed by atoms with van der Waals surface area (Å²) in [6.07, 6.45) is 6.23. The number of likely N-dealkylation sites (tertiary alicyclic amines) is 1. The molecule has 1 atom stereocenters. The lowest BCUT2D eigenvalue weighted by molar-refractivity contribution is 0.169. The minimum absolute atomic E-state index is 0.402. The zero-order chi connectivity index (χ0) is 14.4. The predicted octanol–water partition coefficient (Wildman–Crippen LogP) is 4.07. The highest BCUT2D eigenvalue weighted by atomic mass is 35.5. The summed E-state index contributed by atoms with van der Waals surface area (Å²) in [5.41, 5.74) is 7.33. The van der Waals surface area contributed by atoms with E-state index in [1.807, 2.05) is 12.1 Å². The van der Waals surface area contributed by atoms with Crippen molar-refractivity contribution >= 4 is 11.6 Å². The van der Waals surface area contributed by atoms with Crippen LogP contribution in [0, 0.1) is 5.92 Å². The fraction of sp³-hybridized carbons (Fsp3) is 0.647. The highest BCUT2D eigenvalue weighted by Crippen LogP contribution is 2.24. The normalized spacial score (nSPS) is 19.1. The van der Waals surface area contributed by atoms with Crippen molar-refractivity contribution in [2.75, 3.05) is 13.1 Å². The summed E-state index contributed by atoms with van der Waals surface area (Å²) in [5, 5.41) is 0.839. The molecule has 0 amide bonds. The Kier molecular flexibility index (Phi) is 6.34. The van der Waals surface area contributed by atoms with E-state index < -0.39 is 0 Å². The van der Waals surface area contributed by atoms with Crippen LogP contribution in [0.3, 0.4) is 0 Å². The summed E-state index contributed by atoms with van der Waals surface area (Å²) in [6.45, 7) is 5.62. The minimum atomic E-state index is 0.402. The fourth-order valence-electron chi connectivity index (χ4n) is 2.98. The number of nitrogens with two attached hydrogens (primary N) is 1. The van der Waals surface area contributed by atoms with Gasteiger partial charge >= 0.3 is 0 Å². The number of halogens is 1. The Balaban J connectivity index is 1.71. The Bertz CT molecular complexity index is 400. The van der Waals surface area contributed by atoms with E-state index in [0.29, 0.717) is 6.04 Å². The largest absolute Gasteiger partial charge is 0.328 e. The van der Waals surface area contributed by atoms with Gasteiger partial charge < -0.3 is 5.73 Å². The Hall–Kier alpha value is -0.570. The lowest BCUT2D eigenvalue weighted by atomic mass is 9.90. The monoisotopic (exact) mass is 294 g/mol. The molecule has 1 saturated heterocycles. The molecule has 1 aromatic carbocycles. The molecule has 112 valence electrons. The van der Waals surface area contributed by atoms with Crippen LogP contribution in [0.4, 0.5) is 0 Å². The fourth-order valence-corrected chi connectivity index (χ4v) is 3.19. The Morgan fingerprint density at radius 3 is 2.75 bits per heavy atom. The van der Waals surface area contributed by atoms with Crippen molar-refractivity contribution < 1.29 is 0 Å². The highest BCUT2D eigenvalue weighted by Gasteiger charge is 2.19. The van der Waals surface area contributed by atoms with Gasteiger partial charge in [0.25, 0.3) is 0 Å². The van der Waals surface area contributed by atoms with Gasteiger partial charge in [0.15, 0.2) is 0 Å². The predicted molar refractivity (Wildman–Crippen MR) is 87.0 cm³/mol. The molecule has 0 aromatic heterocycles. The zero-order valence-corrected chi connectivity index (χ0v) is 13.3. The molecule has 2 N–H and O–H groups in total. The summed E-state index contributed by atoms with van der Waals surface area (Å²) >= 11 is 6.04. The van der Waals surface area contributed by atoms with Gasteiger partial charge in [-0.1, -0.05) is 30.7 Å². The van der Waals surface area contributed by atoms with Gasteiger partial charge in [-0.05, 0) is 68.8 Å². The first-order valence-electron chi connectivity index (χ1n) is 7.89. The number of hydrogen-bond donors (Lipinski definition) is 1. The Morgan fingerprint density at radius 1 is 1.35 bits per heavy atom. The first-order valence-corrected chi connectivity index (χ1v) is 8.27. The molecule has 1 aliphatic rings. The van der Waals surface area contributed by atoms with Crippen LogP contribution >= 0.6 is 11.6 Å². The molecule has 0 saturated carbocycles. The van der Waals surface area contributed by atoms with Gasteiger partial charge in [-0.25, -0.2) is 0 Å². The number of hydrogen-bond acceptors (Lipinski definition) is 2. The lowest BCUT2D eigenvalue weighted by Gasteiger charge is -2.32. The van der Waals surface area contributed by atoms with Gasteiger partial charge in [-0.15, -0.1) is 0 Å². The molecule has 1 unspecified atom stereocenters. The molecule has 2 nitrogen and oxygen atoms in total. The second-order valence-electron chi connectivity index (χ2n) is 6.10. The molecule has 0 spiro atoms. The van der Waals surface area contributed by atoms with E-state index in [1.165, 1.54) is 44.3 Å². The van der Waals surface area contributed by atoms with Gasteiger partial charge in [-0.2, -0.15) is 0 Å². The van der Waals surface area contributed by atoms with E-state index in [1.54, 1.807) is 0 Å². The first kappa shape index (κ1) is 15.8. The van der Waals surface area contributed by atoms with E-state index in [0.717, 1.165) is 23.9 Å². The summed E-state index contributed by atoms with van der Waals surface area (Å²) < 4.78 is 0. The molecule has 1 heterocycles. The van der Waals surface area contributed by atoms with Crippen molar-refractivity contribution in [3.05, 3.63) is 34.9 Å². The standard InChI is InChI=1S/C17H27ClN2/c1-2-17(19)7-6-14-8-10-20(11-9-14)13-15-4-3-5-16(18)12-15/h3-5,12,14,17H,2,6-11,13,19H2,1H3.